The molecule has 1 saturated carbocycles. The third-order valence-electron chi connectivity index (χ3n) is 4.41. The minimum absolute atomic E-state index is 0.198. The van der Waals surface area contributed by atoms with Crippen molar-refractivity contribution in [1.29, 1.82) is 0 Å². The fourth-order valence-electron chi connectivity index (χ4n) is 2.96. The SMILES string of the molecule is CCC(=O)c1sc(N2CCSC(CC)C2)c(C2CC2)c1N. The molecule has 1 aliphatic heterocycles. The number of rotatable bonds is 5. The minimum Gasteiger partial charge on any atom is -0.397 e. The van der Waals surface area contributed by atoms with E-state index in [-0.39, 0.29) is 5.78 Å². The lowest BCUT2D eigenvalue weighted by atomic mass is 10.1. The van der Waals surface area contributed by atoms with Crippen molar-refractivity contribution in [2.24, 2.45) is 0 Å². The van der Waals surface area contributed by atoms with Crippen LogP contribution in [0, 0.1) is 0 Å². The molecule has 2 aliphatic rings. The Morgan fingerprint density at radius 2 is 2.14 bits per heavy atom. The summed E-state index contributed by atoms with van der Waals surface area (Å²) in [5.74, 6) is 1.98. The Hall–Kier alpha value is -0.680. The highest BCUT2D eigenvalue weighted by atomic mass is 32.2. The molecule has 116 valence electrons. The lowest BCUT2D eigenvalue weighted by Crippen LogP contribution is -2.37. The largest absolute Gasteiger partial charge is 0.397 e. The smallest absolute Gasteiger partial charge is 0.174 e. The van der Waals surface area contributed by atoms with Gasteiger partial charge in [-0.2, -0.15) is 11.8 Å². The van der Waals surface area contributed by atoms with E-state index >= 15 is 0 Å². The number of carbonyl (C=O) groups excluding carboxylic acids is 1. The molecule has 5 heteroatoms. The highest BCUT2D eigenvalue weighted by Crippen LogP contribution is 2.52. The van der Waals surface area contributed by atoms with Crippen molar-refractivity contribution in [2.75, 3.05) is 29.5 Å². The highest BCUT2D eigenvalue weighted by molar-refractivity contribution is 8.00. The Morgan fingerprint density at radius 1 is 1.38 bits per heavy atom. The second-order valence-electron chi connectivity index (χ2n) is 5.96. The van der Waals surface area contributed by atoms with Crippen LogP contribution in [-0.2, 0) is 0 Å². The van der Waals surface area contributed by atoms with Gasteiger partial charge in [0.1, 0.15) is 0 Å². The maximum atomic E-state index is 12.2. The summed E-state index contributed by atoms with van der Waals surface area (Å²) >= 11 is 3.73. The van der Waals surface area contributed by atoms with Gasteiger partial charge in [-0.15, -0.1) is 11.3 Å². The van der Waals surface area contributed by atoms with Crippen molar-refractivity contribution < 1.29 is 4.79 Å². The van der Waals surface area contributed by atoms with Crippen molar-refractivity contribution in [3.05, 3.63) is 10.4 Å². The molecule has 2 heterocycles. The van der Waals surface area contributed by atoms with Crippen LogP contribution in [0.5, 0.6) is 0 Å². The van der Waals surface area contributed by atoms with Crippen LogP contribution in [-0.4, -0.2) is 29.9 Å². The first kappa shape index (κ1) is 15.2. The van der Waals surface area contributed by atoms with Crippen LogP contribution in [0.1, 0.15) is 60.7 Å². The van der Waals surface area contributed by atoms with Crippen molar-refractivity contribution >= 4 is 39.6 Å². The van der Waals surface area contributed by atoms with Crippen molar-refractivity contribution in [3.63, 3.8) is 0 Å². The van der Waals surface area contributed by atoms with E-state index in [1.54, 1.807) is 11.3 Å². The molecule has 0 spiro atoms. The van der Waals surface area contributed by atoms with E-state index in [1.165, 1.54) is 35.6 Å². The summed E-state index contributed by atoms with van der Waals surface area (Å²) in [5.41, 5.74) is 8.43. The summed E-state index contributed by atoms with van der Waals surface area (Å²) in [7, 11) is 0. The summed E-state index contributed by atoms with van der Waals surface area (Å²) in [5, 5.41) is 2.00. The zero-order chi connectivity index (χ0) is 15.0. The molecule has 0 amide bonds. The zero-order valence-electron chi connectivity index (χ0n) is 12.9. The number of Topliss-reactive ketones (excluding diaryl/α,β-unsaturated/α-hetero) is 1. The molecule has 2 N–H and O–H groups in total. The molecule has 3 rings (SSSR count). The van der Waals surface area contributed by atoms with E-state index in [1.807, 2.05) is 6.92 Å². The lowest BCUT2D eigenvalue weighted by Gasteiger charge is -2.33. The number of nitrogens with zero attached hydrogens (tertiary/aromatic N) is 1. The maximum Gasteiger partial charge on any atom is 0.174 e. The normalized spacial score (nSPS) is 22.6. The van der Waals surface area contributed by atoms with Crippen LogP contribution < -0.4 is 10.6 Å². The summed E-state index contributed by atoms with van der Waals surface area (Å²) in [6.45, 7) is 6.36. The van der Waals surface area contributed by atoms with Gasteiger partial charge in [-0.1, -0.05) is 13.8 Å². The van der Waals surface area contributed by atoms with E-state index < -0.39 is 0 Å². The fourth-order valence-corrected chi connectivity index (χ4v) is 5.50. The Kier molecular flexibility index (Phi) is 4.50. The molecule has 1 saturated heterocycles. The topological polar surface area (TPSA) is 46.3 Å². The number of nitrogens with two attached hydrogens (primary N) is 1. The van der Waals surface area contributed by atoms with Gasteiger partial charge in [0.25, 0.3) is 0 Å². The van der Waals surface area contributed by atoms with Crippen LogP contribution in [0.25, 0.3) is 0 Å². The molecular formula is C16H24N2OS2. The van der Waals surface area contributed by atoms with Crippen LogP contribution in [0.2, 0.25) is 0 Å². The van der Waals surface area contributed by atoms with Gasteiger partial charge in [-0.05, 0) is 25.2 Å². The molecule has 0 radical (unpaired) electrons. The Morgan fingerprint density at radius 3 is 2.76 bits per heavy atom. The predicted molar refractivity (Wildman–Crippen MR) is 94.1 cm³/mol. The van der Waals surface area contributed by atoms with Crippen LogP contribution in [0.4, 0.5) is 10.7 Å². The van der Waals surface area contributed by atoms with Crippen LogP contribution in [0.3, 0.4) is 0 Å². The quantitative estimate of drug-likeness (QED) is 0.827. The second kappa shape index (κ2) is 6.21. The van der Waals surface area contributed by atoms with E-state index in [0.29, 0.717) is 17.6 Å². The Bertz CT molecular complexity index is 537. The second-order valence-corrected chi connectivity index (χ2v) is 8.37. The molecule has 2 fully saturated rings. The Labute approximate surface area is 135 Å². The number of thioether (sulfide) groups is 1. The number of anilines is 2. The number of carbonyl (C=O) groups is 1. The molecule has 1 unspecified atom stereocenters. The number of hydrogen-bond acceptors (Lipinski definition) is 5. The predicted octanol–water partition coefficient (Wildman–Crippen LogP) is 4.13. The molecule has 21 heavy (non-hydrogen) atoms. The standard InChI is InChI=1S/C16H24N2OS2/c1-3-11-9-18(7-8-20-11)16-13(10-5-6-10)14(17)15(21-16)12(19)4-2/h10-11H,3-9,17H2,1-2H3. The molecule has 3 nitrogen and oxygen atoms in total. The van der Waals surface area contributed by atoms with Crippen molar-refractivity contribution in [2.45, 2.75) is 50.7 Å². The minimum atomic E-state index is 0.198. The maximum absolute atomic E-state index is 12.2. The van der Waals surface area contributed by atoms with Gasteiger partial charge >= 0.3 is 0 Å². The molecule has 0 aromatic carbocycles. The van der Waals surface area contributed by atoms with Crippen LogP contribution in [0.15, 0.2) is 0 Å². The summed E-state index contributed by atoms with van der Waals surface area (Å²) in [6, 6.07) is 0. The Balaban J connectivity index is 1.95. The third-order valence-corrected chi connectivity index (χ3v) is 7.10. The number of ketones is 1. The van der Waals surface area contributed by atoms with Gasteiger partial charge in [0, 0.05) is 36.1 Å². The first-order chi connectivity index (χ1) is 10.2. The van der Waals surface area contributed by atoms with E-state index in [4.69, 9.17) is 5.73 Å². The van der Waals surface area contributed by atoms with Gasteiger partial charge in [0.05, 0.1) is 15.6 Å². The number of hydrogen-bond donors (Lipinski definition) is 1. The van der Waals surface area contributed by atoms with E-state index in [0.717, 1.165) is 23.7 Å². The van der Waals surface area contributed by atoms with Gasteiger partial charge in [0.15, 0.2) is 5.78 Å². The van der Waals surface area contributed by atoms with Gasteiger partial charge < -0.3 is 10.6 Å². The molecule has 0 bridgehead atoms. The van der Waals surface area contributed by atoms with Crippen molar-refractivity contribution in [1.82, 2.24) is 0 Å². The van der Waals surface area contributed by atoms with E-state index in [2.05, 4.69) is 23.6 Å². The fraction of sp³-hybridized carbons (Fsp3) is 0.688. The summed E-state index contributed by atoms with van der Waals surface area (Å²) < 4.78 is 0. The number of nitrogen functional groups attached to an aromatic ring is 1. The highest BCUT2D eigenvalue weighted by Gasteiger charge is 2.35. The molecule has 1 aliphatic carbocycles. The summed E-state index contributed by atoms with van der Waals surface area (Å²) in [4.78, 5) is 15.5. The average molecular weight is 325 g/mol. The monoisotopic (exact) mass is 324 g/mol. The summed E-state index contributed by atoms with van der Waals surface area (Å²) in [6.07, 6.45) is 4.21. The number of thiophene rings is 1. The van der Waals surface area contributed by atoms with Crippen LogP contribution >= 0.6 is 23.1 Å². The van der Waals surface area contributed by atoms with Crippen molar-refractivity contribution in [3.8, 4) is 0 Å². The average Bonchev–Trinajstić information content (AvgIpc) is 3.29. The van der Waals surface area contributed by atoms with Gasteiger partial charge in [-0.25, -0.2) is 0 Å². The first-order valence-electron chi connectivity index (χ1n) is 7.97. The first-order valence-corrected chi connectivity index (χ1v) is 9.84. The third kappa shape index (κ3) is 2.95. The van der Waals surface area contributed by atoms with Gasteiger partial charge in [0.2, 0.25) is 0 Å². The molecule has 1 aromatic heterocycles. The van der Waals surface area contributed by atoms with E-state index in [9.17, 15) is 4.79 Å². The molecular weight excluding hydrogens is 300 g/mol. The molecule has 1 atom stereocenters. The lowest BCUT2D eigenvalue weighted by molar-refractivity contribution is 0.0993. The zero-order valence-corrected chi connectivity index (χ0v) is 14.5. The van der Waals surface area contributed by atoms with Gasteiger partial charge in [-0.3, -0.25) is 4.79 Å². The molecule has 1 aromatic rings.